The Hall–Kier alpha value is -2.56. The quantitative estimate of drug-likeness (QED) is 0.676. The Morgan fingerprint density at radius 2 is 2.05 bits per heavy atom. The number of hydrazone groups is 1. The molecule has 1 amide bonds. The molecule has 2 rings (SSSR count). The summed E-state index contributed by atoms with van der Waals surface area (Å²) in [6.45, 7) is 3.92. The Bertz CT molecular complexity index is 639. The molecule has 1 heterocycles. The van der Waals surface area contributed by atoms with Crippen LogP contribution in [0.25, 0.3) is 0 Å². The zero-order valence-corrected chi connectivity index (χ0v) is 12.5. The van der Waals surface area contributed by atoms with Gasteiger partial charge in [-0.1, -0.05) is 6.07 Å². The summed E-state index contributed by atoms with van der Waals surface area (Å²) >= 11 is 0. The molecule has 0 atom stereocenters. The smallest absolute Gasteiger partial charge is 0.277 e. The van der Waals surface area contributed by atoms with Gasteiger partial charge >= 0.3 is 0 Å². The van der Waals surface area contributed by atoms with Gasteiger partial charge in [0, 0.05) is 13.2 Å². The minimum atomic E-state index is -0.292. The van der Waals surface area contributed by atoms with Crippen molar-refractivity contribution < 1.29 is 9.53 Å². The predicted octanol–water partition coefficient (Wildman–Crippen LogP) is 2.17. The maximum Gasteiger partial charge on any atom is 0.277 e. The van der Waals surface area contributed by atoms with Crippen LogP contribution >= 0.6 is 0 Å². The molecular weight excluding hydrogens is 266 g/mol. The van der Waals surface area contributed by atoms with Crippen LogP contribution in [0.2, 0.25) is 0 Å². The van der Waals surface area contributed by atoms with Crippen molar-refractivity contribution in [2.45, 2.75) is 13.8 Å². The standard InChI is InChI=1S/C16H19N3O2/c1-12-7-13(2)9-15(8-12)21-11-16(20)18-17-10-14-5-4-6-19(14)3/h4-10H,11H2,1-3H3,(H,18,20)/b17-10-. The third-order valence-corrected chi connectivity index (χ3v) is 2.94. The first-order valence-electron chi connectivity index (χ1n) is 6.69. The van der Waals surface area contributed by atoms with Crippen molar-refractivity contribution in [3.63, 3.8) is 0 Å². The lowest BCUT2D eigenvalue weighted by Gasteiger charge is -2.07. The fourth-order valence-corrected chi connectivity index (χ4v) is 1.98. The Morgan fingerprint density at radius 3 is 2.67 bits per heavy atom. The summed E-state index contributed by atoms with van der Waals surface area (Å²) in [5, 5.41) is 3.90. The van der Waals surface area contributed by atoms with E-state index in [1.165, 1.54) is 0 Å². The SMILES string of the molecule is Cc1cc(C)cc(OCC(=O)N/N=C\c2cccn2C)c1. The molecule has 0 fully saturated rings. The third kappa shape index (κ3) is 4.49. The lowest BCUT2D eigenvalue weighted by molar-refractivity contribution is -0.123. The van der Waals surface area contributed by atoms with Gasteiger partial charge in [0.1, 0.15) is 5.75 Å². The number of nitrogens with zero attached hydrogens (tertiary/aromatic N) is 2. The molecular formula is C16H19N3O2. The monoisotopic (exact) mass is 285 g/mol. The van der Waals surface area contributed by atoms with Crippen LogP contribution < -0.4 is 10.2 Å². The molecule has 0 saturated carbocycles. The molecule has 0 unspecified atom stereocenters. The van der Waals surface area contributed by atoms with Crippen LogP contribution in [0.4, 0.5) is 0 Å². The molecule has 5 nitrogen and oxygen atoms in total. The number of benzene rings is 1. The van der Waals surface area contributed by atoms with Crippen molar-refractivity contribution in [2.75, 3.05) is 6.61 Å². The fourth-order valence-electron chi connectivity index (χ4n) is 1.98. The van der Waals surface area contributed by atoms with E-state index in [9.17, 15) is 4.79 Å². The molecule has 0 spiro atoms. The number of hydrogen-bond acceptors (Lipinski definition) is 3. The number of rotatable bonds is 5. The summed E-state index contributed by atoms with van der Waals surface area (Å²) in [5.74, 6) is 0.397. The Balaban J connectivity index is 1.82. The van der Waals surface area contributed by atoms with Gasteiger partial charge in [0.2, 0.25) is 0 Å². The van der Waals surface area contributed by atoms with E-state index >= 15 is 0 Å². The minimum absolute atomic E-state index is 0.0621. The van der Waals surface area contributed by atoms with Gasteiger partial charge in [-0.05, 0) is 49.2 Å². The average molecular weight is 285 g/mol. The summed E-state index contributed by atoms with van der Waals surface area (Å²) < 4.78 is 7.35. The largest absolute Gasteiger partial charge is 0.484 e. The summed E-state index contributed by atoms with van der Waals surface area (Å²) in [4.78, 5) is 11.6. The highest BCUT2D eigenvalue weighted by atomic mass is 16.5. The van der Waals surface area contributed by atoms with E-state index in [0.29, 0.717) is 5.75 Å². The van der Waals surface area contributed by atoms with Crippen LogP contribution in [0, 0.1) is 13.8 Å². The maximum atomic E-state index is 11.6. The average Bonchev–Trinajstić information content (AvgIpc) is 2.81. The van der Waals surface area contributed by atoms with Crippen molar-refractivity contribution in [2.24, 2.45) is 12.1 Å². The van der Waals surface area contributed by atoms with Crippen LogP contribution in [0.3, 0.4) is 0 Å². The molecule has 0 aliphatic carbocycles. The number of aromatic nitrogens is 1. The summed E-state index contributed by atoms with van der Waals surface area (Å²) in [6, 6.07) is 9.66. The van der Waals surface area contributed by atoms with Gasteiger partial charge in [0.15, 0.2) is 6.61 Å². The molecule has 1 N–H and O–H groups in total. The second kappa shape index (κ2) is 6.74. The van der Waals surface area contributed by atoms with Crippen LogP contribution in [-0.2, 0) is 11.8 Å². The summed E-state index contributed by atoms with van der Waals surface area (Å²) in [5.41, 5.74) is 5.56. The van der Waals surface area contributed by atoms with Gasteiger partial charge in [-0.25, -0.2) is 5.43 Å². The van der Waals surface area contributed by atoms with Crippen LogP contribution in [-0.4, -0.2) is 23.3 Å². The molecule has 110 valence electrons. The predicted molar refractivity (Wildman–Crippen MR) is 82.6 cm³/mol. The third-order valence-electron chi connectivity index (χ3n) is 2.94. The first kappa shape index (κ1) is 14.8. The minimum Gasteiger partial charge on any atom is -0.484 e. The molecule has 1 aromatic heterocycles. The molecule has 0 radical (unpaired) electrons. The first-order chi connectivity index (χ1) is 10.0. The van der Waals surface area contributed by atoms with Gasteiger partial charge in [-0.3, -0.25) is 4.79 Å². The number of hydrogen-bond donors (Lipinski definition) is 1. The van der Waals surface area contributed by atoms with Crippen LogP contribution in [0.5, 0.6) is 5.75 Å². The van der Waals surface area contributed by atoms with E-state index in [0.717, 1.165) is 16.8 Å². The zero-order chi connectivity index (χ0) is 15.2. The summed E-state index contributed by atoms with van der Waals surface area (Å²) in [6.07, 6.45) is 3.50. The Morgan fingerprint density at radius 1 is 1.33 bits per heavy atom. The van der Waals surface area contributed by atoms with E-state index < -0.39 is 0 Å². The lowest BCUT2D eigenvalue weighted by Crippen LogP contribution is -2.24. The number of amides is 1. The fraction of sp³-hybridized carbons (Fsp3) is 0.250. The molecule has 0 saturated heterocycles. The van der Waals surface area contributed by atoms with E-state index in [2.05, 4.69) is 16.6 Å². The molecule has 0 aliphatic rings. The van der Waals surface area contributed by atoms with Gasteiger partial charge in [-0.15, -0.1) is 0 Å². The van der Waals surface area contributed by atoms with Gasteiger partial charge in [0.25, 0.3) is 5.91 Å². The number of carbonyl (C=O) groups is 1. The molecule has 2 aromatic rings. The van der Waals surface area contributed by atoms with Gasteiger partial charge in [-0.2, -0.15) is 5.10 Å². The Kier molecular flexibility index (Phi) is 4.77. The second-order valence-corrected chi connectivity index (χ2v) is 4.95. The molecule has 21 heavy (non-hydrogen) atoms. The highest BCUT2D eigenvalue weighted by molar-refractivity contribution is 5.81. The molecule has 0 bridgehead atoms. The number of nitrogens with one attached hydrogen (secondary N) is 1. The number of aryl methyl sites for hydroxylation is 3. The molecule has 0 aliphatic heterocycles. The van der Waals surface area contributed by atoms with Crippen molar-refractivity contribution in [3.05, 3.63) is 53.3 Å². The van der Waals surface area contributed by atoms with Gasteiger partial charge in [0.05, 0.1) is 11.9 Å². The van der Waals surface area contributed by atoms with E-state index in [-0.39, 0.29) is 12.5 Å². The van der Waals surface area contributed by atoms with Crippen molar-refractivity contribution in [3.8, 4) is 5.75 Å². The zero-order valence-electron chi connectivity index (χ0n) is 12.5. The van der Waals surface area contributed by atoms with Crippen molar-refractivity contribution in [1.82, 2.24) is 9.99 Å². The van der Waals surface area contributed by atoms with E-state index in [1.54, 1.807) is 6.21 Å². The van der Waals surface area contributed by atoms with E-state index in [4.69, 9.17) is 4.74 Å². The van der Waals surface area contributed by atoms with Gasteiger partial charge < -0.3 is 9.30 Å². The normalized spacial score (nSPS) is 10.8. The highest BCUT2D eigenvalue weighted by Crippen LogP contribution is 2.15. The van der Waals surface area contributed by atoms with E-state index in [1.807, 2.05) is 55.9 Å². The van der Waals surface area contributed by atoms with Crippen molar-refractivity contribution in [1.29, 1.82) is 0 Å². The summed E-state index contributed by atoms with van der Waals surface area (Å²) in [7, 11) is 1.91. The molecule has 5 heteroatoms. The van der Waals surface area contributed by atoms with Crippen molar-refractivity contribution >= 4 is 12.1 Å². The number of ether oxygens (including phenoxy) is 1. The van der Waals surface area contributed by atoms with Crippen LogP contribution in [0.15, 0.2) is 41.6 Å². The highest BCUT2D eigenvalue weighted by Gasteiger charge is 2.02. The topological polar surface area (TPSA) is 55.6 Å². The first-order valence-corrected chi connectivity index (χ1v) is 6.69. The lowest BCUT2D eigenvalue weighted by atomic mass is 10.1. The van der Waals surface area contributed by atoms with Crippen LogP contribution in [0.1, 0.15) is 16.8 Å². The second-order valence-electron chi connectivity index (χ2n) is 4.95. The molecule has 1 aromatic carbocycles. The maximum absolute atomic E-state index is 11.6. The number of carbonyl (C=O) groups excluding carboxylic acids is 1. The Labute approximate surface area is 124 Å².